The molecule has 0 N–H and O–H groups in total. The molecule has 1 fully saturated rings. The molecule has 5 nitrogen and oxygen atoms in total. The summed E-state index contributed by atoms with van der Waals surface area (Å²) in [6.07, 6.45) is -2.01. The first-order valence-electron chi connectivity index (χ1n) is 8.67. The van der Waals surface area contributed by atoms with E-state index in [0.29, 0.717) is 0 Å². The van der Waals surface area contributed by atoms with Crippen LogP contribution in [0.15, 0.2) is 36.2 Å². The Labute approximate surface area is 160 Å². The molecule has 0 saturated carbocycles. The standard InChI is InChI=1S/C18H20BF4N3O2/c1-16(2)17(3,4)28-19(27-16)15(20)9-13-11-26(25-24-13)10-12-7-5-6-8-14(12)18(21,22)23/h5-9,11H,10H2,1-4H3. The number of alkyl halides is 3. The molecule has 0 atom stereocenters. The largest absolute Gasteiger partial charge is 0.525 e. The van der Waals surface area contributed by atoms with E-state index in [1.54, 1.807) is 27.7 Å². The minimum atomic E-state index is -4.47. The van der Waals surface area contributed by atoms with Crippen LogP contribution in [0.1, 0.15) is 44.5 Å². The minimum absolute atomic E-state index is 0.0434. The van der Waals surface area contributed by atoms with Crippen LogP contribution in [-0.2, 0) is 22.0 Å². The van der Waals surface area contributed by atoms with Gasteiger partial charge in [-0.25, -0.2) is 9.07 Å². The fourth-order valence-corrected chi connectivity index (χ4v) is 2.73. The molecular formula is C18H20BF4N3O2. The molecule has 10 heteroatoms. The molecule has 150 valence electrons. The maximum atomic E-state index is 14.5. The monoisotopic (exact) mass is 397 g/mol. The predicted octanol–water partition coefficient (Wildman–Crippen LogP) is 4.29. The lowest BCUT2D eigenvalue weighted by molar-refractivity contribution is -0.138. The van der Waals surface area contributed by atoms with Gasteiger partial charge in [0.05, 0.1) is 29.5 Å². The van der Waals surface area contributed by atoms with Crippen LogP contribution >= 0.6 is 0 Å². The summed E-state index contributed by atoms with van der Waals surface area (Å²) >= 11 is 0. The van der Waals surface area contributed by atoms with Gasteiger partial charge in [0.15, 0.2) is 0 Å². The Morgan fingerprint density at radius 2 is 1.75 bits per heavy atom. The number of nitrogens with zero attached hydrogens (tertiary/aromatic N) is 3. The van der Waals surface area contributed by atoms with Crippen molar-refractivity contribution in [2.75, 3.05) is 0 Å². The Hall–Kier alpha value is -2.20. The summed E-state index contributed by atoms with van der Waals surface area (Å²) in [4.78, 5) is 0. The number of hydrogen-bond donors (Lipinski definition) is 0. The van der Waals surface area contributed by atoms with Crippen molar-refractivity contribution < 1.29 is 26.9 Å². The third kappa shape index (κ3) is 4.12. The molecule has 2 heterocycles. The molecule has 0 spiro atoms. The van der Waals surface area contributed by atoms with Gasteiger partial charge in [0, 0.05) is 0 Å². The summed E-state index contributed by atoms with van der Waals surface area (Å²) in [5.74, 6) is 0. The van der Waals surface area contributed by atoms with E-state index in [1.165, 1.54) is 29.1 Å². The first kappa shape index (κ1) is 20.5. The van der Waals surface area contributed by atoms with Crippen molar-refractivity contribution in [3.05, 3.63) is 53.0 Å². The Kier molecular flexibility index (Phi) is 5.14. The van der Waals surface area contributed by atoms with Gasteiger partial charge in [0.2, 0.25) is 0 Å². The van der Waals surface area contributed by atoms with Crippen LogP contribution in [-0.4, -0.2) is 33.3 Å². The zero-order valence-electron chi connectivity index (χ0n) is 15.9. The van der Waals surface area contributed by atoms with E-state index in [4.69, 9.17) is 9.31 Å². The van der Waals surface area contributed by atoms with Crippen LogP contribution in [0.3, 0.4) is 0 Å². The summed E-state index contributed by atoms with van der Waals surface area (Å²) < 4.78 is 66.2. The van der Waals surface area contributed by atoms with E-state index in [-0.39, 0.29) is 17.8 Å². The van der Waals surface area contributed by atoms with Gasteiger partial charge < -0.3 is 9.31 Å². The molecule has 3 rings (SSSR count). The molecule has 28 heavy (non-hydrogen) atoms. The molecule has 1 aliphatic rings. The van der Waals surface area contributed by atoms with Crippen molar-refractivity contribution in [2.24, 2.45) is 0 Å². The summed E-state index contributed by atoms with van der Waals surface area (Å²) in [5, 5.41) is 7.57. The van der Waals surface area contributed by atoms with Crippen molar-refractivity contribution >= 4 is 13.2 Å². The molecule has 0 aliphatic carbocycles. The van der Waals surface area contributed by atoms with E-state index in [9.17, 15) is 17.6 Å². The lowest BCUT2D eigenvalue weighted by Gasteiger charge is -2.32. The Morgan fingerprint density at radius 1 is 1.14 bits per heavy atom. The van der Waals surface area contributed by atoms with Gasteiger partial charge in [-0.05, 0) is 45.4 Å². The molecule has 0 radical (unpaired) electrons. The van der Waals surface area contributed by atoms with E-state index in [0.717, 1.165) is 12.1 Å². The highest BCUT2D eigenvalue weighted by Crippen LogP contribution is 2.39. The fraction of sp³-hybridized carbons (Fsp3) is 0.444. The van der Waals surface area contributed by atoms with Crippen LogP contribution in [0.25, 0.3) is 6.08 Å². The van der Waals surface area contributed by atoms with Crippen LogP contribution in [0, 0.1) is 0 Å². The normalized spacial score (nSPS) is 19.3. The highest BCUT2D eigenvalue weighted by molar-refractivity contribution is 6.54. The molecule has 1 aromatic carbocycles. The van der Waals surface area contributed by atoms with Crippen molar-refractivity contribution in [2.45, 2.75) is 51.6 Å². The second kappa shape index (κ2) is 7.00. The predicted molar refractivity (Wildman–Crippen MR) is 95.7 cm³/mol. The molecule has 1 saturated heterocycles. The zero-order chi connectivity index (χ0) is 20.7. The summed E-state index contributed by atoms with van der Waals surface area (Å²) in [6, 6.07) is 5.21. The van der Waals surface area contributed by atoms with E-state index in [1.807, 2.05) is 0 Å². The fourth-order valence-electron chi connectivity index (χ4n) is 2.73. The van der Waals surface area contributed by atoms with Gasteiger partial charge in [-0.2, -0.15) is 13.2 Å². The number of rotatable bonds is 4. The van der Waals surface area contributed by atoms with Crippen molar-refractivity contribution in [1.82, 2.24) is 15.0 Å². The maximum absolute atomic E-state index is 14.5. The number of benzene rings is 1. The molecule has 2 aromatic rings. The number of hydrogen-bond acceptors (Lipinski definition) is 4. The quantitative estimate of drug-likeness (QED) is 0.571. The van der Waals surface area contributed by atoms with E-state index >= 15 is 0 Å². The van der Waals surface area contributed by atoms with Crippen LogP contribution < -0.4 is 0 Å². The summed E-state index contributed by atoms with van der Waals surface area (Å²) in [6.45, 7) is 7.06. The van der Waals surface area contributed by atoms with Crippen molar-refractivity contribution in [1.29, 1.82) is 0 Å². The summed E-state index contributed by atoms with van der Waals surface area (Å²) in [5.41, 5.74) is -2.63. The van der Waals surface area contributed by atoms with Gasteiger partial charge >= 0.3 is 13.3 Å². The highest BCUT2D eigenvalue weighted by Gasteiger charge is 2.53. The van der Waals surface area contributed by atoms with Gasteiger partial charge in [-0.15, -0.1) is 5.10 Å². The van der Waals surface area contributed by atoms with Crippen LogP contribution in [0.5, 0.6) is 0 Å². The SMILES string of the molecule is CC1(C)OB(C(F)=Cc2cn(Cc3ccccc3C(F)(F)F)nn2)OC1(C)C. The number of halogens is 4. The maximum Gasteiger partial charge on any atom is 0.525 e. The van der Waals surface area contributed by atoms with Gasteiger partial charge in [0.1, 0.15) is 11.4 Å². The van der Waals surface area contributed by atoms with Gasteiger partial charge in [0.25, 0.3) is 0 Å². The lowest BCUT2D eigenvalue weighted by Crippen LogP contribution is -2.41. The topological polar surface area (TPSA) is 49.2 Å². The smallest absolute Gasteiger partial charge is 0.398 e. The zero-order valence-corrected chi connectivity index (χ0v) is 15.9. The molecule has 1 aromatic heterocycles. The van der Waals surface area contributed by atoms with Crippen molar-refractivity contribution in [3.8, 4) is 0 Å². The van der Waals surface area contributed by atoms with Gasteiger partial charge in [-0.1, -0.05) is 23.4 Å². The average Bonchev–Trinajstić information content (AvgIpc) is 3.08. The molecule has 0 amide bonds. The third-order valence-electron chi connectivity index (χ3n) is 4.98. The van der Waals surface area contributed by atoms with E-state index in [2.05, 4.69) is 10.3 Å². The molecule has 0 bridgehead atoms. The molecule has 0 unspecified atom stereocenters. The third-order valence-corrected chi connectivity index (χ3v) is 4.98. The first-order valence-corrected chi connectivity index (χ1v) is 8.67. The lowest BCUT2D eigenvalue weighted by atomic mass is 9.87. The second-order valence-corrected chi connectivity index (χ2v) is 7.61. The summed E-state index contributed by atoms with van der Waals surface area (Å²) in [7, 11) is -1.18. The second-order valence-electron chi connectivity index (χ2n) is 7.61. The van der Waals surface area contributed by atoms with Crippen LogP contribution in [0.4, 0.5) is 17.6 Å². The molecule has 1 aliphatic heterocycles. The Morgan fingerprint density at radius 3 is 2.36 bits per heavy atom. The van der Waals surface area contributed by atoms with Crippen LogP contribution in [0.2, 0.25) is 0 Å². The highest BCUT2D eigenvalue weighted by atomic mass is 19.4. The Bertz CT molecular complexity index is 877. The molecular weight excluding hydrogens is 377 g/mol. The first-order chi connectivity index (χ1) is 12.9. The van der Waals surface area contributed by atoms with Crippen molar-refractivity contribution in [3.63, 3.8) is 0 Å². The minimum Gasteiger partial charge on any atom is -0.398 e. The van der Waals surface area contributed by atoms with E-state index < -0.39 is 35.8 Å². The van der Waals surface area contributed by atoms with Gasteiger partial charge in [-0.3, -0.25) is 0 Å². The average molecular weight is 397 g/mol. The Balaban J connectivity index is 1.76. The number of aromatic nitrogens is 3.